The molecule has 5 rings (SSSR count). The summed E-state index contributed by atoms with van der Waals surface area (Å²) < 4.78 is 0. The van der Waals surface area contributed by atoms with E-state index < -0.39 is 0 Å². The Hall–Kier alpha value is -3.14. The van der Waals surface area contributed by atoms with E-state index in [1.165, 1.54) is 16.7 Å². The summed E-state index contributed by atoms with van der Waals surface area (Å²) in [6.07, 6.45) is 5.84. The molecule has 1 atom stereocenters. The van der Waals surface area contributed by atoms with Gasteiger partial charge >= 0.3 is 0 Å². The molecule has 0 aliphatic carbocycles. The van der Waals surface area contributed by atoms with E-state index in [-0.39, 0.29) is 5.92 Å². The van der Waals surface area contributed by atoms with Crippen LogP contribution in [0.15, 0.2) is 67.1 Å². The van der Waals surface area contributed by atoms with Crippen LogP contribution in [0.25, 0.3) is 22.2 Å². The molecule has 0 spiro atoms. The zero-order valence-electron chi connectivity index (χ0n) is 13.0. The van der Waals surface area contributed by atoms with Crippen LogP contribution >= 0.6 is 0 Å². The quantitative estimate of drug-likeness (QED) is 0.584. The predicted molar refractivity (Wildman–Crippen MR) is 96.1 cm³/mol. The zero-order chi connectivity index (χ0) is 15.9. The van der Waals surface area contributed by atoms with Gasteiger partial charge in [-0.3, -0.25) is 0 Å². The zero-order valence-corrected chi connectivity index (χ0v) is 13.0. The molecule has 0 saturated carbocycles. The third-order valence-electron chi connectivity index (χ3n) is 4.70. The summed E-state index contributed by atoms with van der Waals surface area (Å²) in [4.78, 5) is 12.3. The number of aromatic amines is 1. The number of nitrogens with one attached hydrogen (secondary N) is 2. The number of H-pyrrole nitrogens is 1. The van der Waals surface area contributed by atoms with Crippen molar-refractivity contribution in [3.63, 3.8) is 0 Å². The maximum absolute atomic E-state index is 4.63. The fourth-order valence-electron chi connectivity index (χ4n) is 3.44. The molecule has 24 heavy (non-hydrogen) atoms. The molecule has 4 heteroatoms. The molecular weight excluding hydrogens is 296 g/mol. The molecule has 1 aromatic carbocycles. The maximum atomic E-state index is 4.63. The molecule has 0 amide bonds. The van der Waals surface area contributed by atoms with Gasteiger partial charge in [0.05, 0.1) is 0 Å². The third-order valence-corrected chi connectivity index (χ3v) is 4.70. The lowest BCUT2D eigenvalue weighted by Gasteiger charge is -2.11. The molecule has 4 aromatic rings. The second-order valence-electron chi connectivity index (χ2n) is 6.15. The van der Waals surface area contributed by atoms with E-state index in [1.54, 1.807) is 0 Å². The van der Waals surface area contributed by atoms with Gasteiger partial charge in [0.25, 0.3) is 0 Å². The Kier molecular flexibility index (Phi) is 2.88. The first-order chi connectivity index (χ1) is 11.9. The highest BCUT2D eigenvalue weighted by atomic mass is 15.0. The van der Waals surface area contributed by atoms with Crippen molar-refractivity contribution in [1.29, 1.82) is 0 Å². The largest absolute Gasteiger partial charge is 0.369 e. The first kappa shape index (κ1) is 13.3. The fourth-order valence-corrected chi connectivity index (χ4v) is 3.44. The van der Waals surface area contributed by atoms with Gasteiger partial charge in [-0.15, -0.1) is 0 Å². The van der Waals surface area contributed by atoms with E-state index >= 15 is 0 Å². The van der Waals surface area contributed by atoms with E-state index in [0.29, 0.717) is 0 Å². The van der Waals surface area contributed by atoms with Crippen LogP contribution < -0.4 is 5.32 Å². The van der Waals surface area contributed by atoms with E-state index in [1.807, 2.05) is 24.7 Å². The van der Waals surface area contributed by atoms with Crippen molar-refractivity contribution in [2.45, 2.75) is 5.92 Å². The number of hydrogen-bond donors (Lipinski definition) is 2. The minimum Gasteiger partial charge on any atom is -0.369 e. The molecule has 1 aliphatic heterocycles. The van der Waals surface area contributed by atoms with Gasteiger partial charge < -0.3 is 10.3 Å². The molecule has 0 saturated heterocycles. The summed E-state index contributed by atoms with van der Waals surface area (Å²) in [5, 5.41) is 4.57. The van der Waals surface area contributed by atoms with Crippen molar-refractivity contribution in [2.75, 3.05) is 11.9 Å². The summed E-state index contributed by atoms with van der Waals surface area (Å²) in [6, 6.07) is 16.9. The highest BCUT2D eigenvalue weighted by Gasteiger charge is 2.26. The third kappa shape index (κ3) is 2.07. The van der Waals surface area contributed by atoms with E-state index in [9.17, 15) is 0 Å². The lowest BCUT2D eigenvalue weighted by molar-refractivity contribution is 0.901. The van der Waals surface area contributed by atoms with Crippen LogP contribution in [0.3, 0.4) is 0 Å². The Labute approximate surface area is 139 Å². The van der Waals surface area contributed by atoms with Crippen LogP contribution in [0.2, 0.25) is 0 Å². The second-order valence-corrected chi connectivity index (χ2v) is 6.15. The standard InChI is InChI=1S/C20H16N4/c1-2-4-13(5-3-1)15-9-17-18(12-24-20(17)23-10-15)16-8-14-6-7-21-19(14)22-11-16/h1-11,18H,12H2,(H,21,22)(H,23,24). The van der Waals surface area contributed by atoms with Gasteiger partial charge in [0, 0.05) is 47.6 Å². The summed E-state index contributed by atoms with van der Waals surface area (Å²) >= 11 is 0. The number of fused-ring (bicyclic) bond motifs is 2. The van der Waals surface area contributed by atoms with E-state index in [4.69, 9.17) is 0 Å². The molecule has 3 aromatic heterocycles. The molecule has 0 radical (unpaired) electrons. The van der Waals surface area contributed by atoms with Gasteiger partial charge in [0.2, 0.25) is 0 Å². The van der Waals surface area contributed by atoms with Crippen molar-refractivity contribution in [3.05, 3.63) is 78.2 Å². The van der Waals surface area contributed by atoms with Crippen LogP contribution in [0.4, 0.5) is 5.82 Å². The lowest BCUT2D eigenvalue weighted by atomic mass is 9.93. The highest BCUT2D eigenvalue weighted by molar-refractivity contribution is 5.76. The van der Waals surface area contributed by atoms with Crippen molar-refractivity contribution in [2.24, 2.45) is 0 Å². The van der Waals surface area contributed by atoms with Gasteiger partial charge in [0.15, 0.2) is 0 Å². The van der Waals surface area contributed by atoms with Crippen molar-refractivity contribution in [1.82, 2.24) is 15.0 Å². The van der Waals surface area contributed by atoms with Crippen LogP contribution in [0, 0.1) is 0 Å². The topological polar surface area (TPSA) is 53.6 Å². The molecule has 0 bridgehead atoms. The molecule has 2 N–H and O–H groups in total. The first-order valence-electron chi connectivity index (χ1n) is 8.11. The molecule has 1 unspecified atom stereocenters. The fraction of sp³-hybridized carbons (Fsp3) is 0.100. The van der Waals surface area contributed by atoms with Crippen LogP contribution in [0.5, 0.6) is 0 Å². The first-order valence-corrected chi connectivity index (χ1v) is 8.11. The lowest BCUT2D eigenvalue weighted by Crippen LogP contribution is -2.04. The number of aromatic nitrogens is 3. The van der Waals surface area contributed by atoms with E-state index in [2.05, 4.69) is 62.7 Å². The summed E-state index contributed by atoms with van der Waals surface area (Å²) in [6.45, 7) is 0.859. The normalized spacial score (nSPS) is 16.1. The minimum atomic E-state index is 0.281. The van der Waals surface area contributed by atoms with Crippen LogP contribution in [-0.4, -0.2) is 21.5 Å². The molecule has 0 fully saturated rings. The molecule has 4 heterocycles. The molecule has 4 nitrogen and oxygen atoms in total. The Bertz CT molecular complexity index is 1020. The number of pyridine rings is 2. The maximum Gasteiger partial charge on any atom is 0.137 e. The number of anilines is 1. The number of rotatable bonds is 2. The summed E-state index contributed by atoms with van der Waals surface area (Å²) in [5.41, 5.74) is 5.74. The number of nitrogens with zero attached hydrogens (tertiary/aromatic N) is 2. The average molecular weight is 312 g/mol. The summed E-state index contributed by atoms with van der Waals surface area (Å²) in [5.74, 6) is 1.26. The Balaban J connectivity index is 1.60. The van der Waals surface area contributed by atoms with Gasteiger partial charge in [-0.1, -0.05) is 30.3 Å². The minimum absolute atomic E-state index is 0.281. The number of hydrogen-bond acceptors (Lipinski definition) is 3. The smallest absolute Gasteiger partial charge is 0.137 e. The Morgan fingerprint density at radius 3 is 2.75 bits per heavy atom. The summed E-state index contributed by atoms with van der Waals surface area (Å²) in [7, 11) is 0. The van der Waals surface area contributed by atoms with Gasteiger partial charge in [-0.2, -0.15) is 0 Å². The molecular formula is C20H16N4. The van der Waals surface area contributed by atoms with Gasteiger partial charge in [-0.25, -0.2) is 9.97 Å². The molecule has 116 valence electrons. The predicted octanol–water partition coefficient (Wildman–Crippen LogP) is 4.18. The number of benzene rings is 1. The molecule has 1 aliphatic rings. The highest BCUT2D eigenvalue weighted by Crippen LogP contribution is 2.37. The van der Waals surface area contributed by atoms with Crippen molar-refractivity contribution < 1.29 is 0 Å². The Morgan fingerprint density at radius 1 is 0.917 bits per heavy atom. The van der Waals surface area contributed by atoms with Gasteiger partial charge in [0.1, 0.15) is 11.5 Å². The SMILES string of the molecule is c1ccc(-c2cnc3c(c2)C(c2cnc4[nH]ccc4c2)CN3)cc1. The average Bonchev–Trinajstić information content (AvgIpc) is 3.27. The second kappa shape index (κ2) is 5.20. The van der Waals surface area contributed by atoms with Gasteiger partial charge in [-0.05, 0) is 29.3 Å². The van der Waals surface area contributed by atoms with Crippen molar-refractivity contribution in [3.8, 4) is 11.1 Å². The van der Waals surface area contributed by atoms with Crippen molar-refractivity contribution >= 4 is 16.9 Å². The Morgan fingerprint density at radius 2 is 1.83 bits per heavy atom. The van der Waals surface area contributed by atoms with E-state index in [0.717, 1.165) is 29.0 Å². The van der Waals surface area contributed by atoms with Crippen LogP contribution in [-0.2, 0) is 0 Å². The monoisotopic (exact) mass is 312 g/mol. The van der Waals surface area contributed by atoms with Crippen LogP contribution in [0.1, 0.15) is 17.0 Å².